The normalized spacial score (nSPS) is 10.1. The molecule has 0 unspecified atom stereocenters. The van der Waals surface area contributed by atoms with Crippen LogP contribution in [0.4, 0.5) is 10.5 Å². The fourth-order valence-corrected chi connectivity index (χ4v) is 1.96. The lowest BCUT2D eigenvalue weighted by atomic mass is 10.1. The van der Waals surface area contributed by atoms with Crippen molar-refractivity contribution >= 4 is 11.7 Å². The zero-order valence-corrected chi connectivity index (χ0v) is 12.0. The van der Waals surface area contributed by atoms with E-state index in [2.05, 4.69) is 36.5 Å². The maximum absolute atomic E-state index is 12.0. The molecule has 0 aromatic heterocycles. The highest BCUT2D eigenvalue weighted by molar-refractivity contribution is 5.91. The molecule has 3 nitrogen and oxygen atoms in total. The van der Waals surface area contributed by atoms with Crippen LogP contribution >= 0.6 is 0 Å². The Morgan fingerprint density at radius 2 is 1.70 bits per heavy atom. The quantitative estimate of drug-likeness (QED) is 0.905. The lowest BCUT2D eigenvalue weighted by Gasteiger charge is -2.18. The highest BCUT2D eigenvalue weighted by Gasteiger charge is 2.08. The topological polar surface area (TPSA) is 32.3 Å². The van der Waals surface area contributed by atoms with Gasteiger partial charge in [-0.05, 0) is 31.0 Å². The molecule has 0 saturated carbocycles. The van der Waals surface area contributed by atoms with Crippen LogP contribution in [0.2, 0.25) is 0 Å². The van der Waals surface area contributed by atoms with Crippen LogP contribution in [0.5, 0.6) is 0 Å². The molecule has 1 N–H and O–H groups in total. The van der Waals surface area contributed by atoms with Crippen molar-refractivity contribution in [1.82, 2.24) is 5.32 Å². The number of nitrogens with one attached hydrogen (secondary N) is 1. The number of carbonyl (C=O) groups excluding carboxylic acids is 1. The average Bonchev–Trinajstić information content (AvgIpc) is 2.49. The van der Waals surface area contributed by atoms with Crippen molar-refractivity contribution in [3.05, 3.63) is 65.7 Å². The zero-order valence-electron chi connectivity index (χ0n) is 12.0. The first-order valence-electron chi connectivity index (χ1n) is 6.79. The molecular formula is C17H20N2O. The van der Waals surface area contributed by atoms with E-state index in [4.69, 9.17) is 0 Å². The van der Waals surface area contributed by atoms with Crippen molar-refractivity contribution in [2.45, 2.75) is 13.3 Å². The Morgan fingerprint density at radius 3 is 2.35 bits per heavy atom. The standard InChI is InChI=1S/C17H20N2O/c1-14-8-10-15(11-9-14)12-13-18-17(20)19(2)16-6-4-3-5-7-16/h3-11H,12-13H2,1-2H3,(H,18,20). The number of anilines is 1. The molecule has 2 rings (SSSR count). The second-order valence-electron chi connectivity index (χ2n) is 4.86. The molecule has 0 radical (unpaired) electrons. The van der Waals surface area contributed by atoms with Crippen LogP contribution < -0.4 is 10.2 Å². The van der Waals surface area contributed by atoms with Crippen LogP contribution in [0.1, 0.15) is 11.1 Å². The Balaban J connectivity index is 1.82. The summed E-state index contributed by atoms with van der Waals surface area (Å²) in [5.74, 6) is 0. The van der Waals surface area contributed by atoms with Gasteiger partial charge in [0.2, 0.25) is 0 Å². The first kappa shape index (κ1) is 14.1. The number of nitrogens with zero attached hydrogens (tertiary/aromatic N) is 1. The Bertz CT molecular complexity index is 549. The molecule has 0 saturated heterocycles. The van der Waals surface area contributed by atoms with Gasteiger partial charge < -0.3 is 5.32 Å². The molecule has 0 heterocycles. The Kier molecular flexibility index (Phi) is 4.77. The largest absolute Gasteiger partial charge is 0.337 e. The van der Waals surface area contributed by atoms with Gasteiger partial charge in [-0.1, -0.05) is 48.0 Å². The third-order valence-corrected chi connectivity index (χ3v) is 3.26. The number of para-hydroxylation sites is 1. The molecule has 2 amide bonds. The van der Waals surface area contributed by atoms with E-state index < -0.39 is 0 Å². The summed E-state index contributed by atoms with van der Waals surface area (Å²) in [4.78, 5) is 13.6. The van der Waals surface area contributed by atoms with Crippen molar-refractivity contribution in [2.75, 3.05) is 18.5 Å². The molecule has 3 heteroatoms. The first-order chi connectivity index (χ1) is 9.66. The smallest absolute Gasteiger partial charge is 0.321 e. The van der Waals surface area contributed by atoms with E-state index in [1.54, 1.807) is 11.9 Å². The highest BCUT2D eigenvalue weighted by Crippen LogP contribution is 2.10. The van der Waals surface area contributed by atoms with Crippen LogP contribution in [-0.4, -0.2) is 19.6 Å². The van der Waals surface area contributed by atoms with Crippen molar-refractivity contribution in [1.29, 1.82) is 0 Å². The molecule has 0 aliphatic rings. The summed E-state index contributed by atoms with van der Waals surface area (Å²) in [5, 5.41) is 2.93. The molecule has 0 spiro atoms. The fourth-order valence-electron chi connectivity index (χ4n) is 1.96. The van der Waals surface area contributed by atoms with Crippen LogP contribution in [0.15, 0.2) is 54.6 Å². The third kappa shape index (κ3) is 3.85. The van der Waals surface area contributed by atoms with Gasteiger partial charge in [-0.2, -0.15) is 0 Å². The van der Waals surface area contributed by atoms with Gasteiger partial charge in [0.25, 0.3) is 0 Å². The predicted molar refractivity (Wildman–Crippen MR) is 83.1 cm³/mol. The summed E-state index contributed by atoms with van der Waals surface area (Å²) >= 11 is 0. The molecule has 0 atom stereocenters. The van der Waals surface area contributed by atoms with Crippen LogP contribution in [0, 0.1) is 6.92 Å². The Hall–Kier alpha value is -2.29. The maximum Gasteiger partial charge on any atom is 0.321 e. The minimum absolute atomic E-state index is 0.0803. The number of aryl methyl sites for hydroxylation is 1. The number of rotatable bonds is 4. The lowest BCUT2D eigenvalue weighted by Crippen LogP contribution is -2.38. The van der Waals surface area contributed by atoms with Crippen molar-refractivity contribution in [3.63, 3.8) is 0 Å². The van der Waals surface area contributed by atoms with E-state index in [-0.39, 0.29) is 6.03 Å². The van der Waals surface area contributed by atoms with Crippen LogP contribution in [-0.2, 0) is 6.42 Å². The Labute approximate surface area is 120 Å². The lowest BCUT2D eigenvalue weighted by molar-refractivity contribution is 0.247. The maximum atomic E-state index is 12.0. The van der Waals surface area contributed by atoms with Gasteiger partial charge in [0.15, 0.2) is 0 Å². The van der Waals surface area contributed by atoms with Crippen LogP contribution in [0.3, 0.4) is 0 Å². The number of hydrogen-bond acceptors (Lipinski definition) is 1. The predicted octanol–water partition coefficient (Wildman–Crippen LogP) is 3.38. The van der Waals surface area contributed by atoms with Crippen molar-refractivity contribution in [3.8, 4) is 0 Å². The molecule has 0 bridgehead atoms. The number of carbonyl (C=O) groups is 1. The van der Waals surface area contributed by atoms with Gasteiger partial charge >= 0.3 is 6.03 Å². The molecule has 20 heavy (non-hydrogen) atoms. The first-order valence-corrected chi connectivity index (χ1v) is 6.79. The molecular weight excluding hydrogens is 248 g/mol. The van der Waals surface area contributed by atoms with Gasteiger partial charge in [0, 0.05) is 19.3 Å². The summed E-state index contributed by atoms with van der Waals surface area (Å²) < 4.78 is 0. The molecule has 2 aromatic carbocycles. The highest BCUT2D eigenvalue weighted by atomic mass is 16.2. The molecule has 0 fully saturated rings. The number of amides is 2. The van der Waals surface area contributed by atoms with Gasteiger partial charge in [-0.25, -0.2) is 4.79 Å². The van der Waals surface area contributed by atoms with E-state index in [1.807, 2.05) is 30.3 Å². The zero-order chi connectivity index (χ0) is 14.4. The summed E-state index contributed by atoms with van der Waals surface area (Å²) in [6, 6.07) is 17.9. The van der Waals surface area contributed by atoms with Gasteiger partial charge in [0.1, 0.15) is 0 Å². The van der Waals surface area contributed by atoms with E-state index in [0.717, 1.165) is 12.1 Å². The number of urea groups is 1. The van der Waals surface area contributed by atoms with E-state index in [0.29, 0.717) is 6.54 Å². The summed E-state index contributed by atoms with van der Waals surface area (Å²) in [6.07, 6.45) is 0.842. The SMILES string of the molecule is Cc1ccc(CCNC(=O)N(C)c2ccccc2)cc1. The molecule has 104 valence electrons. The summed E-state index contributed by atoms with van der Waals surface area (Å²) in [6.45, 7) is 2.71. The average molecular weight is 268 g/mol. The third-order valence-electron chi connectivity index (χ3n) is 3.26. The van der Waals surface area contributed by atoms with Crippen molar-refractivity contribution in [2.24, 2.45) is 0 Å². The molecule has 2 aromatic rings. The second-order valence-corrected chi connectivity index (χ2v) is 4.86. The minimum atomic E-state index is -0.0803. The summed E-state index contributed by atoms with van der Waals surface area (Å²) in [5.41, 5.74) is 3.38. The second kappa shape index (κ2) is 6.75. The molecule has 0 aliphatic carbocycles. The van der Waals surface area contributed by atoms with E-state index in [9.17, 15) is 4.79 Å². The molecule has 0 aliphatic heterocycles. The Morgan fingerprint density at radius 1 is 1.05 bits per heavy atom. The van der Waals surface area contributed by atoms with Crippen molar-refractivity contribution < 1.29 is 4.79 Å². The number of benzene rings is 2. The minimum Gasteiger partial charge on any atom is -0.337 e. The van der Waals surface area contributed by atoms with Gasteiger partial charge in [-0.15, -0.1) is 0 Å². The monoisotopic (exact) mass is 268 g/mol. The van der Waals surface area contributed by atoms with Gasteiger partial charge in [-0.3, -0.25) is 4.90 Å². The summed E-state index contributed by atoms with van der Waals surface area (Å²) in [7, 11) is 1.77. The number of hydrogen-bond donors (Lipinski definition) is 1. The van der Waals surface area contributed by atoms with E-state index in [1.165, 1.54) is 11.1 Å². The fraction of sp³-hybridized carbons (Fsp3) is 0.235. The van der Waals surface area contributed by atoms with E-state index >= 15 is 0 Å². The van der Waals surface area contributed by atoms with Crippen LogP contribution in [0.25, 0.3) is 0 Å². The van der Waals surface area contributed by atoms with Gasteiger partial charge in [0.05, 0.1) is 0 Å².